The van der Waals surface area contributed by atoms with E-state index < -0.39 is 20.9 Å². The van der Waals surface area contributed by atoms with Crippen LogP contribution in [0.1, 0.15) is 249 Å². The Morgan fingerprint density at radius 2 is 1.03 bits per heavy atom. The molecule has 0 radical (unpaired) electrons. The number of aromatic amines is 1. The molecule has 0 saturated heterocycles. The molecule has 530 valence electrons. The van der Waals surface area contributed by atoms with Crippen molar-refractivity contribution in [1.29, 1.82) is 0 Å². The highest BCUT2D eigenvalue weighted by molar-refractivity contribution is 7.69. The molecule has 1 amide bonds. The van der Waals surface area contributed by atoms with Gasteiger partial charge in [-0.25, -0.2) is 9.97 Å². The minimum absolute atomic E-state index is 0. The molecule has 6 heterocycles. The third kappa shape index (κ3) is 20.4. The van der Waals surface area contributed by atoms with Crippen molar-refractivity contribution >= 4 is 99.1 Å². The summed E-state index contributed by atoms with van der Waals surface area (Å²) in [5.41, 5.74) is 28.2. The van der Waals surface area contributed by atoms with Gasteiger partial charge in [-0.05, 0) is 216 Å². The number of pyridine rings is 3. The fraction of sp³-hybridized carbons (Fsp3) is 0.400. The number of nitrogens with one attached hydrogen (secondary N) is 1. The number of H-pyrrole nitrogens is 1. The van der Waals surface area contributed by atoms with Crippen LogP contribution in [0.4, 0.5) is 0 Å². The number of nitrogens with two attached hydrogens (primary N) is 1. The van der Waals surface area contributed by atoms with Crippen molar-refractivity contribution in [3.8, 4) is 11.1 Å². The second-order valence-corrected chi connectivity index (χ2v) is 34.7. The average Bonchev–Trinajstić information content (AvgIpc) is 1.16. The van der Waals surface area contributed by atoms with E-state index in [4.69, 9.17) is 39.0 Å². The fourth-order valence-corrected chi connectivity index (χ4v) is 17.5. The zero-order valence-electron chi connectivity index (χ0n) is 61.8. The number of ketones is 1. The molecular formula is C85H109BCl2N7O4P. The Labute approximate surface area is 608 Å². The summed E-state index contributed by atoms with van der Waals surface area (Å²) in [4.78, 5) is 38.7. The lowest BCUT2D eigenvalue weighted by atomic mass is 9.79. The third-order valence-corrected chi connectivity index (χ3v) is 23.0. The second kappa shape index (κ2) is 34.0. The molecule has 100 heavy (non-hydrogen) atoms. The molecule has 3 aliphatic carbocycles. The molecular weight excluding hydrogens is 1300 g/mol. The zero-order chi connectivity index (χ0) is 72.7. The van der Waals surface area contributed by atoms with Gasteiger partial charge < -0.3 is 29.9 Å². The van der Waals surface area contributed by atoms with Crippen LogP contribution in [0.25, 0.3) is 55.0 Å². The summed E-state index contributed by atoms with van der Waals surface area (Å²) in [6.07, 6.45) is 19.0. The lowest BCUT2D eigenvalue weighted by Crippen LogP contribution is -2.34. The number of hydrogen-bond donors (Lipinski definition) is 4. The molecule has 3 saturated carbocycles. The molecule has 0 atom stereocenters. The summed E-state index contributed by atoms with van der Waals surface area (Å²) in [6, 6.07) is 33.1. The molecule has 4 aromatic carbocycles. The van der Waals surface area contributed by atoms with Gasteiger partial charge in [0.1, 0.15) is 10.3 Å². The first kappa shape index (κ1) is 79.9. The minimum atomic E-state index is -1.04. The smallest absolute Gasteiger partial charge is 0.427 e. The molecule has 0 bridgehead atoms. The number of amides is 1. The van der Waals surface area contributed by atoms with Crippen LogP contribution in [0, 0.1) is 27.7 Å². The number of Topliss-reactive ketones (excluding diaryl/α,β-unsaturated/α-hetero) is 1. The van der Waals surface area contributed by atoms with Crippen molar-refractivity contribution in [1.82, 2.24) is 29.1 Å². The fourth-order valence-electron chi connectivity index (χ4n) is 12.8. The van der Waals surface area contributed by atoms with Crippen LogP contribution in [0.5, 0.6) is 0 Å². The Hall–Kier alpha value is -7.44. The molecule has 0 unspecified atom stereocenters. The largest absolute Gasteiger partial charge is 0.454 e. The van der Waals surface area contributed by atoms with Crippen LogP contribution >= 0.6 is 31.1 Å². The Bertz CT molecular complexity index is 4420. The van der Waals surface area contributed by atoms with E-state index >= 15 is 0 Å². The molecule has 3 fully saturated rings. The number of nitrogens with zero attached hydrogens (tertiary/aromatic N) is 5. The molecule has 13 rings (SSSR count). The number of benzene rings is 4. The first-order valence-electron chi connectivity index (χ1n) is 35.0. The maximum absolute atomic E-state index is 12.5. The molecule has 5 N–H and O–H groups in total. The Morgan fingerprint density at radius 1 is 0.590 bits per heavy atom. The third-order valence-electron chi connectivity index (χ3n) is 18.9. The summed E-state index contributed by atoms with van der Waals surface area (Å²) in [6.45, 7) is 50.0. The lowest BCUT2D eigenvalue weighted by Gasteiger charge is -2.45. The number of allylic oxidation sites excluding steroid dienone is 2. The van der Waals surface area contributed by atoms with Crippen LogP contribution in [0.15, 0.2) is 147 Å². The summed E-state index contributed by atoms with van der Waals surface area (Å²) < 4.78 is 4.61. The molecule has 10 aromatic rings. The Kier molecular flexibility index (Phi) is 27.2. The van der Waals surface area contributed by atoms with E-state index in [1.54, 1.807) is 35.3 Å². The van der Waals surface area contributed by atoms with Gasteiger partial charge in [-0.2, -0.15) is 0 Å². The quantitative estimate of drug-likeness (QED) is 0.0364. The van der Waals surface area contributed by atoms with Gasteiger partial charge >= 0.3 is 7.12 Å². The number of primary amides is 1. The Balaban J connectivity index is 0.000000183. The lowest BCUT2D eigenvalue weighted by molar-refractivity contribution is 0.0987. The standard InChI is InChI=1S/C33H53P.C21H20N2O.C10H9ClN2.C10H11NO.C7H5ClN2.C3H7BO2.CH4/c1-19(2)26-17-27(20(3)4)30(28(18-26)21(5)6)29-24(9)22(7)23(8)25(10)31(29)34(32(11,12)13)33(14,15)16;1-14(2)15-3-5-16(6-4-15)21(24)12-18-11-20-17(13-22-18)9-10-23(20)19-7-8-19;11-10-5-9-7(6-12-10)3-4-13(9)8-1-2-8;1-7(2)8-3-5-9(6-4-8)10(11)12;8-7-3-6-5(4-10-7)1-2-9-6;5-4(6)3-1-2-3;/h17-21H,1-16H3;3-6,9-11,13,19H,1,7-8,12H2,2H3;3-6,8H,1-2H2;3-6H,1H2,2H3,(H2,11,12);1-4,9H;3,5-6H,1-2H2;1H4. The normalized spacial score (nSPS) is 13.5. The van der Waals surface area contributed by atoms with Gasteiger partial charge in [0.15, 0.2) is 5.78 Å². The van der Waals surface area contributed by atoms with Gasteiger partial charge in [-0.3, -0.25) is 14.6 Å². The topological polar surface area (TPSA) is 165 Å². The van der Waals surface area contributed by atoms with Crippen LogP contribution in [-0.4, -0.2) is 68.2 Å². The number of aromatic nitrogens is 6. The highest BCUT2D eigenvalue weighted by atomic mass is 35.5. The monoisotopic (exact) mass is 1400 g/mol. The van der Waals surface area contributed by atoms with Crippen molar-refractivity contribution in [3.05, 3.63) is 225 Å². The van der Waals surface area contributed by atoms with E-state index in [1.165, 1.54) is 86.6 Å². The first-order valence-corrected chi connectivity index (χ1v) is 37.1. The number of rotatable bonds is 14. The van der Waals surface area contributed by atoms with Crippen molar-refractivity contribution < 1.29 is 19.6 Å². The molecule has 6 aromatic heterocycles. The van der Waals surface area contributed by atoms with Crippen LogP contribution in [-0.2, 0) is 6.42 Å². The van der Waals surface area contributed by atoms with Crippen LogP contribution in [0.2, 0.25) is 16.1 Å². The summed E-state index contributed by atoms with van der Waals surface area (Å²) >= 11 is 11.5. The van der Waals surface area contributed by atoms with E-state index in [9.17, 15) is 9.59 Å². The van der Waals surface area contributed by atoms with Crippen LogP contribution < -0.4 is 11.0 Å². The number of carbonyl (C=O) groups excluding carboxylic acids is 2. The van der Waals surface area contributed by atoms with E-state index in [0.29, 0.717) is 52.1 Å². The van der Waals surface area contributed by atoms with Gasteiger partial charge in [0.05, 0.1) is 23.1 Å². The predicted molar refractivity (Wildman–Crippen MR) is 430 cm³/mol. The Morgan fingerprint density at radius 3 is 1.45 bits per heavy atom. The van der Waals surface area contributed by atoms with Crippen LogP contribution in [0.3, 0.4) is 0 Å². The summed E-state index contributed by atoms with van der Waals surface area (Å²) in [7, 11) is -1.47. The highest BCUT2D eigenvalue weighted by Gasteiger charge is 2.40. The first-order chi connectivity index (χ1) is 46.5. The van der Waals surface area contributed by atoms with Crippen molar-refractivity contribution in [2.45, 2.75) is 223 Å². The van der Waals surface area contributed by atoms with E-state index in [0.717, 1.165) is 62.7 Å². The van der Waals surface area contributed by atoms with Gasteiger partial charge in [0.2, 0.25) is 5.91 Å². The number of halogens is 2. The SMILES string of the molecule is C.C=C(C)c1ccc(C(=O)Cc2cc3c(ccn3C3CC3)cn2)cc1.C=C(C)c1ccc(C(N)=O)cc1.Cc1c(C)c(C)c(P(C(C)(C)C)C(C)(C)C)c(-c2c(C(C)C)cc(C(C)C)cc2C(C)C)c1C.Clc1cc2[nH]ccc2cn1.Clc1cc2c(ccn2C2CC2)cn1.OB(O)C1CC1. The molecule has 3 aliphatic rings. The minimum Gasteiger partial charge on any atom is -0.427 e. The molecule has 11 nitrogen and oxygen atoms in total. The van der Waals surface area contributed by atoms with E-state index in [2.05, 4.69) is 196 Å². The number of hydrogen-bond acceptors (Lipinski definition) is 7. The number of carbonyl (C=O) groups is 2. The zero-order valence-corrected chi connectivity index (χ0v) is 64.2. The number of fused-ring (bicyclic) bond motifs is 3. The van der Waals surface area contributed by atoms with Crippen molar-refractivity contribution in [3.63, 3.8) is 0 Å². The van der Waals surface area contributed by atoms with Crippen molar-refractivity contribution in [2.24, 2.45) is 5.73 Å². The van der Waals surface area contributed by atoms with Crippen molar-refractivity contribution in [2.75, 3.05) is 0 Å². The van der Waals surface area contributed by atoms with Gasteiger partial charge in [0.25, 0.3) is 0 Å². The summed E-state index contributed by atoms with van der Waals surface area (Å²) in [5.74, 6) is 1.41. The second-order valence-electron chi connectivity index (χ2n) is 30.2. The maximum Gasteiger partial charge on any atom is 0.454 e. The molecule has 0 aliphatic heterocycles. The highest BCUT2D eigenvalue weighted by Crippen LogP contribution is 2.61. The maximum atomic E-state index is 12.5. The predicted octanol–water partition coefficient (Wildman–Crippen LogP) is 22.8. The van der Waals surface area contributed by atoms with Gasteiger partial charge in [0, 0.05) is 82.1 Å². The average molecular weight is 1410 g/mol. The van der Waals surface area contributed by atoms with E-state index in [-0.39, 0.29) is 29.3 Å². The summed E-state index contributed by atoms with van der Waals surface area (Å²) in [5, 5.41) is 23.1. The molecule has 0 spiro atoms. The van der Waals surface area contributed by atoms with Gasteiger partial charge in [-0.15, -0.1) is 0 Å². The van der Waals surface area contributed by atoms with Gasteiger partial charge in [-0.1, -0.05) is 207 Å². The molecule has 15 heteroatoms. The van der Waals surface area contributed by atoms with E-state index in [1.807, 2.05) is 81.0 Å².